The molecule has 0 unspecified atom stereocenters. The lowest BCUT2D eigenvalue weighted by Gasteiger charge is -2.03. The summed E-state index contributed by atoms with van der Waals surface area (Å²) in [6, 6.07) is 9.80. The third-order valence-electron chi connectivity index (χ3n) is 3.71. The minimum absolute atomic E-state index is 0.0567. The molecule has 0 bridgehead atoms. The van der Waals surface area contributed by atoms with Gasteiger partial charge in [-0.3, -0.25) is 9.59 Å². The Labute approximate surface area is 153 Å². The van der Waals surface area contributed by atoms with Crippen molar-refractivity contribution in [2.75, 3.05) is 5.88 Å². The Bertz CT molecular complexity index is 997. The van der Waals surface area contributed by atoms with Gasteiger partial charge < -0.3 is 10.1 Å². The molecule has 0 fully saturated rings. The summed E-state index contributed by atoms with van der Waals surface area (Å²) in [5, 5.41) is 13.6. The summed E-state index contributed by atoms with van der Waals surface area (Å²) in [6.45, 7) is 0. The smallest absolute Gasteiger partial charge is 0.244 e. The molecule has 132 valence electrons. The maximum atomic E-state index is 12.0. The molecule has 0 spiro atoms. The molecule has 3 N–H and O–H groups in total. The number of ketones is 1. The third kappa shape index (κ3) is 4.07. The number of hydrogen-bond donors (Lipinski definition) is 3. The molecular weight excluding hydrogens is 356 g/mol. The number of halogens is 1. The molecule has 1 amide bonds. The standard InChI is InChI=1S/C18H15ClN4O3/c19-8-17(25)12-2-4-16(24)13(7-12)9-22-23-18(26)6-11-1-3-14-15(5-11)21-10-20-14/h1-5,7,9-10,24H,6,8H2,(H,20,21)(H,23,26)/b22-9+. The number of hydrazone groups is 1. The number of alkyl halides is 1. The van der Waals surface area contributed by atoms with Gasteiger partial charge in [0, 0.05) is 11.1 Å². The number of H-pyrrole nitrogens is 1. The van der Waals surface area contributed by atoms with Gasteiger partial charge in [-0.1, -0.05) is 6.07 Å². The van der Waals surface area contributed by atoms with E-state index in [0.717, 1.165) is 16.6 Å². The molecule has 1 aromatic heterocycles. The van der Waals surface area contributed by atoms with Gasteiger partial charge in [0.25, 0.3) is 0 Å². The molecule has 0 atom stereocenters. The van der Waals surface area contributed by atoms with E-state index in [9.17, 15) is 14.7 Å². The van der Waals surface area contributed by atoms with Gasteiger partial charge in [-0.15, -0.1) is 11.6 Å². The number of Topliss-reactive ketones (excluding diaryl/α,β-unsaturated/α-hetero) is 1. The average Bonchev–Trinajstić information content (AvgIpc) is 3.10. The van der Waals surface area contributed by atoms with Gasteiger partial charge in [0.1, 0.15) is 5.75 Å². The van der Waals surface area contributed by atoms with Crippen LogP contribution in [-0.4, -0.2) is 38.9 Å². The van der Waals surface area contributed by atoms with Crippen LogP contribution in [0.1, 0.15) is 21.5 Å². The maximum Gasteiger partial charge on any atom is 0.244 e. The average molecular weight is 371 g/mol. The van der Waals surface area contributed by atoms with Crippen LogP contribution in [0.15, 0.2) is 47.8 Å². The van der Waals surface area contributed by atoms with Gasteiger partial charge in [-0.2, -0.15) is 5.10 Å². The molecular formula is C18H15ClN4O3. The molecule has 8 heteroatoms. The molecule has 1 heterocycles. The van der Waals surface area contributed by atoms with Crippen LogP contribution in [0, 0.1) is 0 Å². The summed E-state index contributed by atoms with van der Waals surface area (Å²) < 4.78 is 0. The number of benzene rings is 2. The van der Waals surface area contributed by atoms with E-state index in [0.29, 0.717) is 11.1 Å². The second-order valence-corrected chi connectivity index (χ2v) is 5.82. The predicted octanol–water partition coefficient (Wildman–Crippen LogP) is 2.38. The molecule has 26 heavy (non-hydrogen) atoms. The number of phenols is 1. The fraction of sp³-hybridized carbons (Fsp3) is 0.111. The number of fused-ring (bicyclic) bond motifs is 1. The number of rotatable bonds is 6. The number of hydrogen-bond acceptors (Lipinski definition) is 5. The lowest BCUT2D eigenvalue weighted by molar-refractivity contribution is -0.120. The van der Waals surface area contributed by atoms with Crippen molar-refractivity contribution in [2.45, 2.75) is 6.42 Å². The van der Waals surface area contributed by atoms with Gasteiger partial charge in [0.2, 0.25) is 5.91 Å². The first-order chi connectivity index (χ1) is 12.6. The summed E-state index contributed by atoms with van der Waals surface area (Å²) in [6.07, 6.45) is 3.01. The third-order valence-corrected chi connectivity index (χ3v) is 3.96. The zero-order valence-corrected chi connectivity index (χ0v) is 14.3. The lowest BCUT2D eigenvalue weighted by atomic mass is 10.1. The molecule has 2 aromatic carbocycles. The summed E-state index contributed by atoms with van der Waals surface area (Å²) in [5.74, 6) is -0.787. The number of aromatic nitrogens is 2. The van der Waals surface area contributed by atoms with E-state index in [-0.39, 0.29) is 29.7 Å². The topological polar surface area (TPSA) is 107 Å². The Balaban J connectivity index is 1.64. The van der Waals surface area contributed by atoms with Crippen molar-refractivity contribution in [3.63, 3.8) is 0 Å². The first-order valence-corrected chi connectivity index (χ1v) is 8.26. The Morgan fingerprint density at radius 1 is 1.27 bits per heavy atom. The van der Waals surface area contributed by atoms with Crippen LogP contribution in [0.5, 0.6) is 5.75 Å². The highest BCUT2D eigenvalue weighted by atomic mass is 35.5. The number of phenolic OH excluding ortho intramolecular Hbond substituents is 1. The lowest BCUT2D eigenvalue weighted by Crippen LogP contribution is -2.19. The minimum Gasteiger partial charge on any atom is -0.507 e. The first kappa shape index (κ1) is 17.6. The highest BCUT2D eigenvalue weighted by Crippen LogP contribution is 2.17. The quantitative estimate of drug-likeness (QED) is 0.268. The van der Waals surface area contributed by atoms with E-state index in [2.05, 4.69) is 20.5 Å². The van der Waals surface area contributed by atoms with Crippen molar-refractivity contribution in [3.05, 3.63) is 59.4 Å². The van der Waals surface area contributed by atoms with Crippen LogP contribution in [-0.2, 0) is 11.2 Å². The van der Waals surface area contributed by atoms with Crippen LogP contribution in [0.4, 0.5) is 0 Å². The summed E-state index contributed by atoms with van der Waals surface area (Å²) >= 11 is 5.52. The van der Waals surface area contributed by atoms with Crippen LogP contribution in [0.2, 0.25) is 0 Å². The van der Waals surface area contributed by atoms with Gasteiger partial charge in [-0.25, -0.2) is 10.4 Å². The van der Waals surface area contributed by atoms with E-state index in [1.807, 2.05) is 18.2 Å². The maximum absolute atomic E-state index is 12.0. The molecule has 0 saturated heterocycles. The largest absolute Gasteiger partial charge is 0.507 e. The number of carbonyl (C=O) groups excluding carboxylic acids is 2. The zero-order chi connectivity index (χ0) is 18.5. The molecule has 3 aromatic rings. The molecule has 3 rings (SSSR count). The Morgan fingerprint density at radius 2 is 2.12 bits per heavy atom. The molecule has 0 aliphatic carbocycles. The monoisotopic (exact) mass is 370 g/mol. The number of imidazole rings is 1. The van der Waals surface area contributed by atoms with Crippen LogP contribution in [0.25, 0.3) is 11.0 Å². The highest BCUT2D eigenvalue weighted by molar-refractivity contribution is 6.30. The van der Waals surface area contributed by atoms with Gasteiger partial charge >= 0.3 is 0 Å². The van der Waals surface area contributed by atoms with Crippen LogP contribution in [0.3, 0.4) is 0 Å². The fourth-order valence-corrected chi connectivity index (χ4v) is 2.55. The Hall–Kier alpha value is -3.19. The fourth-order valence-electron chi connectivity index (χ4n) is 2.40. The second-order valence-electron chi connectivity index (χ2n) is 5.55. The molecule has 7 nitrogen and oxygen atoms in total. The number of nitrogens with zero attached hydrogens (tertiary/aromatic N) is 2. The Morgan fingerprint density at radius 3 is 2.92 bits per heavy atom. The Kier molecular flexibility index (Phi) is 5.28. The molecule has 0 aliphatic rings. The minimum atomic E-state index is -0.312. The molecule has 0 saturated carbocycles. The van der Waals surface area contributed by atoms with E-state index < -0.39 is 0 Å². The SMILES string of the molecule is O=C(Cc1ccc2nc[nH]c2c1)N/N=C/c1cc(C(=O)CCl)ccc1O. The highest BCUT2D eigenvalue weighted by Gasteiger charge is 2.08. The number of nitrogens with one attached hydrogen (secondary N) is 2. The van der Waals surface area contributed by atoms with Crippen molar-refractivity contribution in [1.29, 1.82) is 0 Å². The van der Waals surface area contributed by atoms with Gasteiger partial charge in [0.15, 0.2) is 5.78 Å². The van der Waals surface area contributed by atoms with Crippen molar-refractivity contribution in [3.8, 4) is 5.75 Å². The van der Waals surface area contributed by atoms with Gasteiger partial charge in [0.05, 0.1) is 35.9 Å². The van der Waals surface area contributed by atoms with E-state index in [1.165, 1.54) is 24.4 Å². The van der Waals surface area contributed by atoms with Crippen molar-refractivity contribution < 1.29 is 14.7 Å². The number of carbonyl (C=O) groups is 2. The second kappa shape index (κ2) is 7.79. The number of aromatic amines is 1. The van der Waals surface area contributed by atoms with E-state index >= 15 is 0 Å². The normalized spacial score (nSPS) is 11.1. The summed E-state index contributed by atoms with van der Waals surface area (Å²) in [5.41, 5.74) is 5.55. The van der Waals surface area contributed by atoms with E-state index in [1.54, 1.807) is 6.33 Å². The first-order valence-electron chi connectivity index (χ1n) is 7.73. The summed E-state index contributed by atoms with van der Waals surface area (Å²) in [7, 11) is 0. The number of aromatic hydroxyl groups is 1. The van der Waals surface area contributed by atoms with Crippen LogP contribution >= 0.6 is 11.6 Å². The zero-order valence-electron chi connectivity index (χ0n) is 13.6. The van der Waals surface area contributed by atoms with Crippen molar-refractivity contribution >= 4 is 40.5 Å². The molecule has 0 radical (unpaired) electrons. The number of amides is 1. The molecule has 0 aliphatic heterocycles. The van der Waals surface area contributed by atoms with E-state index in [4.69, 9.17) is 11.6 Å². The van der Waals surface area contributed by atoms with Crippen molar-refractivity contribution in [1.82, 2.24) is 15.4 Å². The van der Waals surface area contributed by atoms with Crippen molar-refractivity contribution in [2.24, 2.45) is 5.10 Å². The van der Waals surface area contributed by atoms with Crippen LogP contribution < -0.4 is 5.43 Å². The predicted molar refractivity (Wildman–Crippen MR) is 98.7 cm³/mol. The summed E-state index contributed by atoms with van der Waals surface area (Å²) in [4.78, 5) is 30.7. The van der Waals surface area contributed by atoms with Gasteiger partial charge in [-0.05, 0) is 35.9 Å².